The molecule has 0 saturated carbocycles. The molecule has 0 aliphatic carbocycles. The smallest absolute Gasteiger partial charge is 0.433 e. The number of piperidine rings is 1. The molecule has 1 N–H and O–H groups in total. The maximum atomic E-state index is 12.7. The van der Waals surface area contributed by atoms with E-state index in [-0.39, 0.29) is 17.8 Å². The van der Waals surface area contributed by atoms with Crippen LogP contribution in [0.5, 0.6) is 0 Å². The van der Waals surface area contributed by atoms with Crippen LogP contribution in [0.1, 0.15) is 25.5 Å². The van der Waals surface area contributed by atoms with Gasteiger partial charge in [-0.05, 0) is 19.8 Å². The maximum absolute atomic E-state index is 12.7. The molecule has 1 aromatic heterocycles. The fourth-order valence-corrected chi connectivity index (χ4v) is 2.33. The number of anilines is 1. The highest BCUT2D eigenvalue weighted by Crippen LogP contribution is 2.28. The third kappa shape index (κ3) is 3.77. The number of nitrogens with one attached hydrogen (secondary N) is 1. The normalized spacial score (nSPS) is 16.6. The van der Waals surface area contributed by atoms with Crippen LogP contribution < -0.4 is 10.5 Å². The summed E-state index contributed by atoms with van der Waals surface area (Å²) in [6, 6.07) is 0.425. The first-order chi connectivity index (χ1) is 10.3. The lowest BCUT2D eigenvalue weighted by molar-refractivity contribution is -0.148. The molecule has 1 fully saturated rings. The van der Waals surface area contributed by atoms with E-state index in [1.807, 2.05) is 0 Å². The van der Waals surface area contributed by atoms with Gasteiger partial charge in [-0.25, -0.2) is 4.98 Å². The number of aromatic amines is 1. The molecular weight excluding hydrogens is 303 g/mol. The number of carbonyl (C=O) groups is 1. The summed E-state index contributed by atoms with van der Waals surface area (Å²) >= 11 is 0. The standard InChI is InChI=1S/C13H16F3N3O3/c1-2-22-11(21)8-3-5-19(6-4-8)12-17-9(13(14,15)16)7-10(20)18-12/h7-8H,2-6H2,1H3,(H,17,18,20). The van der Waals surface area contributed by atoms with Crippen LogP contribution in [-0.2, 0) is 15.7 Å². The van der Waals surface area contributed by atoms with Crippen molar-refractivity contribution in [2.75, 3.05) is 24.6 Å². The maximum Gasteiger partial charge on any atom is 0.433 e. The van der Waals surface area contributed by atoms with Crippen molar-refractivity contribution >= 4 is 11.9 Å². The summed E-state index contributed by atoms with van der Waals surface area (Å²) < 4.78 is 42.9. The Morgan fingerprint density at radius 3 is 2.64 bits per heavy atom. The number of rotatable bonds is 3. The Kier molecular flexibility index (Phi) is 4.72. The van der Waals surface area contributed by atoms with E-state index in [0.29, 0.717) is 38.6 Å². The number of esters is 1. The van der Waals surface area contributed by atoms with Gasteiger partial charge in [-0.2, -0.15) is 13.2 Å². The lowest BCUT2D eigenvalue weighted by Gasteiger charge is -2.31. The molecular formula is C13H16F3N3O3. The van der Waals surface area contributed by atoms with Crippen LogP contribution in [0.3, 0.4) is 0 Å². The molecule has 122 valence electrons. The van der Waals surface area contributed by atoms with Gasteiger partial charge in [-0.15, -0.1) is 0 Å². The lowest BCUT2D eigenvalue weighted by atomic mass is 9.97. The third-order valence-corrected chi connectivity index (χ3v) is 3.43. The van der Waals surface area contributed by atoms with Gasteiger partial charge in [0.1, 0.15) is 0 Å². The summed E-state index contributed by atoms with van der Waals surface area (Å²) in [4.78, 5) is 30.3. The van der Waals surface area contributed by atoms with Gasteiger partial charge >= 0.3 is 12.1 Å². The molecule has 0 spiro atoms. The van der Waals surface area contributed by atoms with Gasteiger partial charge in [0.15, 0.2) is 5.69 Å². The monoisotopic (exact) mass is 319 g/mol. The van der Waals surface area contributed by atoms with Gasteiger partial charge in [-0.3, -0.25) is 14.6 Å². The Labute approximate surface area is 124 Å². The zero-order chi connectivity index (χ0) is 16.3. The number of H-pyrrole nitrogens is 1. The zero-order valence-corrected chi connectivity index (χ0v) is 11.9. The number of hydrogen-bond acceptors (Lipinski definition) is 5. The number of carbonyl (C=O) groups excluding carboxylic acids is 1. The van der Waals surface area contributed by atoms with E-state index >= 15 is 0 Å². The molecule has 0 unspecified atom stereocenters. The van der Waals surface area contributed by atoms with Crippen molar-refractivity contribution in [3.8, 4) is 0 Å². The molecule has 9 heteroatoms. The number of halogens is 3. The predicted molar refractivity (Wildman–Crippen MR) is 71.4 cm³/mol. The zero-order valence-electron chi connectivity index (χ0n) is 11.9. The average Bonchev–Trinajstić information content (AvgIpc) is 2.46. The van der Waals surface area contributed by atoms with Gasteiger partial charge < -0.3 is 9.64 Å². The quantitative estimate of drug-likeness (QED) is 0.856. The molecule has 0 radical (unpaired) electrons. The molecule has 1 aromatic rings. The van der Waals surface area contributed by atoms with Gasteiger partial charge in [-0.1, -0.05) is 0 Å². The summed E-state index contributed by atoms with van der Waals surface area (Å²) in [6.45, 7) is 2.66. The fourth-order valence-electron chi connectivity index (χ4n) is 2.33. The second-order valence-corrected chi connectivity index (χ2v) is 4.97. The highest BCUT2D eigenvalue weighted by molar-refractivity contribution is 5.72. The van der Waals surface area contributed by atoms with Crippen LogP contribution in [0, 0.1) is 5.92 Å². The van der Waals surface area contributed by atoms with E-state index in [0.717, 1.165) is 0 Å². The SMILES string of the molecule is CCOC(=O)C1CCN(c2nc(C(F)(F)F)cc(=O)[nH]2)CC1. The van der Waals surface area contributed by atoms with Crippen molar-refractivity contribution in [2.24, 2.45) is 5.92 Å². The summed E-state index contributed by atoms with van der Waals surface area (Å²) in [5.74, 6) is -0.691. The van der Waals surface area contributed by atoms with Crippen LogP contribution >= 0.6 is 0 Å². The number of alkyl halides is 3. The van der Waals surface area contributed by atoms with Crippen LogP contribution in [0.15, 0.2) is 10.9 Å². The summed E-state index contributed by atoms with van der Waals surface area (Å²) in [5, 5.41) is 0. The van der Waals surface area contributed by atoms with Gasteiger partial charge in [0.05, 0.1) is 12.5 Å². The number of hydrogen-bond donors (Lipinski definition) is 1. The molecule has 22 heavy (non-hydrogen) atoms. The van der Waals surface area contributed by atoms with Crippen molar-refractivity contribution in [3.05, 3.63) is 22.1 Å². The van der Waals surface area contributed by atoms with E-state index < -0.39 is 17.4 Å². The van der Waals surface area contributed by atoms with Gasteiger partial charge in [0.25, 0.3) is 5.56 Å². The minimum absolute atomic E-state index is 0.123. The first-order valence-electron chi connectivity index (χ1n) is 6.91. The molecule has 6 nitrogen and oxygen atoms in total. The van der Waals surface area contributed by atoms with Crippen molar-refractivity contribution in [1.29, 1.82) is 0 Å². The molecule has 1 aliphatic rings. The molecule has 0 bridgehead atoms. The fraction of sp³-hybridized carbons (Fsp3) is 0.615. The summed E-state index contributed by atoms with van der Waals surface area (Å²) in [7, 11) is 0. The predicted octanol–water partition coefficient (Wildman–Crippen LogP) is 1.57. The molecule has 2 rings (SSSR count). The van der Waals surface area contributed by atoms with E-state index in [2.05, 4.69) is 9.97 Å². The Morgan fingerprint density at radius 2 is 2.09 bits per heavy atom. The van der Waals surface area contributed by atoms with Crippen molar-refractivity contribution in [1.82, 2.24) is 9.97 Å². The molecule has 0 amide bonds. The Bertz CT molecular complexity index is 592. The first-order valence-corrected chi connectivity index (χ1v) is 6.91. The number of aromatic nitrogens is 2. The largest absolute Gasteiger partial charge is 0.466 e. The lowest BCUT2D eigenvalue weighted by Crippen LogP contribution is -2.39. The molecule has 1 saturated heterocycles. The summed E-state index contributed by atoms with van der Waals surface area (Å²) in [6.07, 6.45) is -3.79. The van der Waals surface area contributed by atoms with Crippen LogP contribution in [0.4, 0.5) is 19.1 Å². The Balaban J connectivity index is 2.10. The Morgan fingerprint density at radius 1 is 1.45 bits per heavy atom. The van der Waals surface area contributed by atoms with Gasteiger partial charge in [0.2, 0.25) is 5.95 Å². The molecule has 0 atom stereocenters. The second kappa shape index (κ2) is 6.37. The van der Waals surface area contributed by atoms with E-state index in [9.17, 15) is 22.8 Å². The van der Waals surface area contributed by atoms with E-state index in [1.165, 1.54) is 4.90 Å². The topological polar surface area (TPSA) is 75.3 Å². The van der Waals surface area contributed by atoms with Crippen LogP contribution in [0.2, 0.25) is 0 Å². The minimum Gasteiger partial charge on any atom is -0.466 e. The average molecular weight is 319 g/mol. The highest BCUT2D eigenvalue weighted by atomic mass is 19.4. The van der Waals surface area contributed by atoms with Crippen molar-refractivity contribution < 1.29 is 22.7 Å². The van der Waals surface area contributed by atoms with Crippen molar-refractivity contribution in [2.45, 2.75) is 25.9 Å². The van der Waals surface area contributed by atoms with Crippen molar-refractivity contribution in [3.63, 3.8) is 0 Å². The molecule has 2 heterocycles. The van der Waals surface area contributed by atoms with E-state index in [1.54, 1.807) is 6.92 Å². The number of ether oxygens (including phenoxy) is 1. The first kappa shape index (κ1) is 16.3. The highest BCUT2D eigenvalue weighted by Gasteiger charge is 2.34. The summed E-state index contributed by atoms with van der Waals surface area (Å²) in [5.41, 5.74) is -2.08. The minimum atomic E-state index is -4.67. The molecule has 0 aromatic carbocycles. The third-order valence-electron chi connectivity index (χ3n) is 3.43. The number of nitrogens with zero attached hydrogens (tertiary/aromatic N) is 2. The Hall–Kier alpha value is -2.06. The van der Waals surface area contributed by atoms with Crippen LogP contribution in [-0.4, -0.2) is 35.6 Å². The van der Waals surface area contributed by atoms with Gasteiger partial charge in [0, 0.05) is 19.2 Å². The molecule has 1 aliphatic heterocycles. The second-order valence-electron chi connectivity index (χ2n) is 4.97. The van der Waals surface area contributed by atoms with Crippen LogP contribution in [0.25, 0.3) is 0 Å². The van der Waals surface area contributed by atoms with E-state index in [4.69, 9.17) is 4.74 Å².